The molecule has 0 spiro atoms. The number of nitrogens with zero attached hydrogens (tertiary/aromatic N) is 2. The molecule has 0 atom stereocenters. The molecule has 4 N–H and O–H groups in total. The van der Waals surface area contributed by atoms with Gasteiger partial charge in [-0.3, -0.25) is 5.32 Å². The molecule has 8 heteroatoms. The molecular weight excluding hydrogens is 302 g/mol. The number of benzene rings is 1. The van der Waals surface area contributed by atoms with Crippen LogP contribution < -0.4 is 10.1 Å². The van der Waals surface area contributed by atoms with Crippen molar-refractivity contribution < 1.29 is 24.9 Å². The van der Waals surface area contributed by atoms with Gasteiger partial charge < -0.3 is 20.1 Å². The van der Waals surface area contributed by atoms with E-state index >= 15 is 0 Å². The highest BCUT2D eigenvalue weighted by Gasteiger charge is 2.19. The molecule has 1 heterocycles. The fourth-order valence-corrected chi connectivity index (χ4v) is 1.98. The van der Waals surface area contributed by atoms with Crippen molar-refractivity contribution in [2.24, 2.45) is 5.92 Å². The Bertz CT molecular complexity index is 653. The topological polar surface area (TPSA) is 117 Å². The van der Waals surface area contributed by atoms with E-state index in [1.54, 1.807) is 19.1 Å². The van der Waals surface area contributed by atoms with Crippen molar-refractivity contribution in [2.75, 3.05) is 25.1 Å². The first-order chi connectivity index (χ1) is 11.1. The minimum atomic E-state index is -1.21. The van der Waals surface area contributed by atoms with Gasteiger partial charge in [0.05, 0.1) is 31.1 Å². The summed E-state index contributed by atoms with van der Waals surface area (Å²) in [6.07, 6.45) is -1.21. The fourth-order valence-electron chi connectivity index (χ4n) is 1.98. The SMILES string of the molecule is Cc1c(OCC(CO)CO)nn(-c2ccccc2)c1NC(=O)O. The van der Waals surface area contributed by atoms with Crippen LogP contribution in [0.1, 0.15) is 5.56 Å². The first kappa shape index (κ1) is 16.8. The maximum atomic E-state index is 11.0. The van der Waals surface area contributed by atoms with Crippen molar-refractivity contribution in [2.45, 2.75) is 6.92 Å². The summed E-state index contributed by atoms with van der Waals surface area (Å²) in [6, 6.07) is 9.03. The molecule has 1 aromatic heterocycles. The summed E-state index contributed by atoms with van der Waals surface area (Å²) < 4.78 is 6.96. The van der Waals surface area contributed by atoms with Crippen molar-refractivity contribution in [3.63, 3.8) is 0 Å². The standard InChI is InChI=1S/C15H19N3O5/c1-10-13(16-15(21)22)18(12-5-3-2-4-6-12)17-14(10)23-9-11(7-19)8-20/h2-6,11,16,19-20H,7-9H2,1H3,(H,21,22). The van der Waals surface area contributed by atoms with E-state index in [2.05, 4.69) is 10.4 Å². The highest BCUT2D eigenvalue weighted by molar-refractivity contribution is 5.83. The van der Waals surface area contributed by atoms with Gasteiger partial charge in [0.1, 0.15) is 5.82 Å². The van der Waals surface area contributed by atoms with E-state index in [-0.39, 0.29) is 31.5 Å². The summed E-state index contributed by atoms with van der Waals surface area (Å²) in [5.74, 6) is 0.0971. The summed E-state index contributed by atoms with van der Waals surface area (Å²) in [4.78, 5) is 11.0. The Morgan fingerprint density at radius 2 is 1.96 bits per heavy atom. The molecule has 0 saturated carbocycles. The number of amides is 1. The minimum Gasteiger partial charge on any atom is -0.476 e. The fraction of sp³-hybridized carbons (Fsp3) is 0.333. The van der Waals surface area contributed by atoms with Crippen LogP contribution in [0.2, 0.25) is 0 Å². The lowest BCUT2D eigenvalue weighted by molar-refractivity contribution is 0.104. The summed E-state index contributed by atoms with van der Waals surface area (Å²) in [5.41, 5.74) is 1.20. The molecule has 0 aliphatic carbocycles. The molecule has 0 saturated heterocycles. The van der Waals surface area contributed by atoms with E-state index < -0.39 is 12.0 Å². The number of rotatable bonds is 7. The lowest BCUT2D eigenvalue weighted by Crippen LogP contribution is -2.20. The molecular formula is C15H19N3O5. The summed E-state index contributed by atoms with van der Waals surface area (Å²) in [7, 11) is 0. The van der Waals surface area contributed by atoms with E-state index in [0.717, 1.165) is 0 Å². The zero-order valence-electron chi connectivity index (χ0n) is 12.6. The Balaban J connectivity index is 2.34. The van der Waals surface area contributed by atoms with E-state index in [9.17, 15) is 4.79 Å². The van der Waals surface area contributed by atoms with Gasteiger partial charge in [-0.15, -0.1) is 5.10 Å². The quantitative estimate of drug-likeness (QED) is 0.610. The van der Waals surface area contributed by atoms with Gasteiger partial charge in [0.25, 0.3) is 0 Å². The number of aliphatic hydroxyl groups excluding tert-OH is 2. The number of anilines is 1. The maximum Gasteiger partial charge on any atom is 0.410 e. The van der Waals surface area contributed by atoms with E-state index in [1.165, 1.54) is 4.68 Å². The van der Waals surface area contributed by atoms with Gasteiger partial charge >= 0.3 is 6.09 Å². The van der Waals surface area contributed by atoms with Crippen LogP contribution in [0.3, 0.4) is 0 Å². The average Bonchev–Trinajstić information content (AvgIpc) is 2.85. The summed E-state index contributed by atoms with van der Waals surface area (Å²) >= 11 is 0. The molecule has 8 nitrogen and oxygen atoms in total. The van der Waals surface area contributed by atoms with Gasteiger partial charge in [-0.2, -0.15) is 0 Å². The Kier molecular flexibility index (Phi) is 5.56. The number of aromatic nitrogens is 2. The molecule has 1 amide bonds. The number of hydrogen-bond donors (Lipinski definition) is 4. The Hall–Kier alpha value is -2.58. The van der Waals surface area contributed by atoms with Crippen LogP contribution in [-0.2, 0) is 0 Å². The number of ether oxygens (including phenoxy) is 1. The highest BCUT2D eigenvalue weighted by Crippen LogP contribution is 2.28. The predicted molar refractivity (Wildman–Crippen MR) is 83.1 cm³/mol. The molecule has 1 aromatic carbocycles. The normalized spacial score (nSPS) is 10.8. The van der Waals surface area contributed by atoms with E-state index in [0.29, 0.717) is 11.3 Å². The summed E-state index contributed by atoms with van der Waals surface area (Å²) in [5, 5.41) is 33.7. The third-order valence-electron chi connectivity index (χ3n) is 3.28. The van der Waals surface area contributed by atoms with Gasteiger partial charge in [0.15, 0.2) is 0 Å². The monoisotopic (exact) mass is 321 g/mol. The van der Waals surface area contributed by atoms with Crippen LogP contribution in [0.5, 0.6) is 5.88 Å². The van der Waals surface area contributed by atoms with Gasteiger partial charge in [0.2, 0.25) is 5.88 Å². The maximum absolute atomic E-state index is 11.0. The molecule has 2 aromatic rings. The lowest BCUT2D eigenvalue weighted by atomic mass is 10.2. The van der Waals surface area contributed by atoms with Crippen molar-refractivity contribution in [1.82, 2.24) is 9.78 Å². The number of hydrogen-bond acceptors (Lipinski definition) is 5. The molecule has 0 bridgehead atoms. The number of carboxylic acid groups (broad SMARTS) is 1. The third kappa shape index (κ3) is 3.99. The first-order valence-corrected chi connectivity index (χ1v) is 7.06. The number of aliphatic hydroxyl groups is 2. The van der Waals surface area contributed by atoms with Crippen molar-refractivity contribution in [3.8, 4) is 11.6 Å². The second kappa shape index (κ2) is 7.61. The largest absolute Gasteiger partial charge is 0.476 e. The molecule has 0 fully saturated rings. The van der Waals surface area contributed by atoms with Gasteiger partial charge in [0, 0.05) is 5.92 Å². The molecule has 0 unspecified atom stereocenters. The van der Waals surface area contributed by atoms with E-state index in [4.69, 9.17) is 20.1 Å². The van der Waals surface area contributed by atoms with Crippen molar-refractivity contribution in [3.05, 3.63) is 35.9 Å². The van der Waals surface area contributed by atoms with Crippen molar-refractivity contribution in [1.29, 1.82) is 0 Å². The van der Waals surface area contributed by atoms with E-state index in [1.807, 2.05) is 18.2 Å². The second-order valence-electron chi connectivity index (χ2n) is 5.00. The predicted octanol–water partition coefficient (Wildman–Crippen LogP) is 1.25. The van der Waals surface area contributed by atoms with Crippen LogP contribution in [0.25, 0.3) is 5.69 Å². The number of carbonyl (C=O) groups is 1. The summed E-state index contributed by atoms with van der Waals surface area (Å²) in [6.45, 7) is 1.33. The van der Waals surface area contributed by atoms with Crippen LogP contribution in [-0.4, -0.2) is 51.0 Å². The second-order valence-corrected chi connectivity index (χ2v) is 5.00. The Morgan fingerprint density at radius 3 is 2.52 bits per heavy atom. The van der Waals surface area contributed by atoms with Crippen LogP contribution in [0, 0.1) is 12.8 Å². The Morgan fingerprint density at radius 1 is 1.30 bits per heavy atom. The molecule has 124 valence electrons. The first-order valence-electron chi connectivity index (χ1n) is 7.06. The average molecular weight is 321 g/mol. The highest BCUT2D eigenvalue weighted by atomic mass is 16.5. The molecule has 0 radical (unpaired) electrons. The molecule has 23 heavy (non-hydrogen) atoms. The van der Waals surface area contributed by atoms with Crippen LogP contribution in [0.15, 0.2) is 30.3 Å². The minimum absolute atomic E-state index is 0.0756. The Labute approximate surface area is 132 Å². The number of nitrogens with one attached hydrogen (secondary N) is 1. The van der Waals surface area contributed by atoms with Crippen LogP contribution >= 0.6 is 0 Å². The van der Waals surface area contributed by atoms with Crippen LogP contribution in [0.4, 0.5) is 10.6 Å². The number of para-hydroxylation sites is 1. The lowest BCUT2D eigenvalue weighted by Gasteiger charge is -2.11. The molecule has 0 aliphatic heterocycles. The zero-order chi connectivity index (χ0) is 16.8. The molecule has 2 rings (SSSR count). The van der Waals surface area contributed by atoms with Gasteiger partial charge in [-0.1, -0.05) is 18.2 Å². The van der Waals surface area contributed by atoms with Gasteiger partial charge in [-0.05, 0) is 19.1 Å². The third-order valence-corrected chi connectivity index (χ3v) is 3.28. The smallest absolute Gasteiger partial charge is 0.410 e. The zero-order valence-corrected chi connectivity index (χ0v) is 12.6. The van der Waals surface area contributed by atoms with Crippen molar-refractivity contribution >= 4 is 11.9 Å². The van der Waals surface area contributed by atoms with Gasteiger partial charge in [-0.25, -0.2) is 9.48 Å². The molecule has 0 aliphatic rings.